The van der Waals surface area contributed by atoms with Gasteiger partial charge in [-0.1, -0.05) is 23.8 Å². The molecule has 1 N–H and O–H groups in total. The van der Waals surface area contributed by atoms with Crippen LogP contribution in [-0.4, -0.2) is 32.2 Å². The number of carbonyl (C=O) groups is 2. The molecule has 0 bridgehead atoms. The Morgan fingerprint density at radius 3 is 2.23 bits per heavy atom. The molecule has 2 aromatic carbocycles. The lowest BCUT2D eigenvalue weighted by Gasteiger charge is -2.18. The van der Waals surface area contributed by atoms with Gasteiger partial charge in [0.25, 0.3) is 5.91 Å². The van der Waals surface area contributed by atoms with Gasteiger partial charge >= 0.3 is 5.97 Å². The first-order valence-electron chi connectivity index (χ1n) is 9.67. The smallest absolute Gasteiger partial charge is 0.339 e. The second-order valence-electron chi connectivity index (χ2n) is 7.17. The van der Waals surface area contributed by atoms with Gasteiger partial charge in [0, 0.05) is 11.3 Å². The monoisotopic (exact) mass is 411 g/mol. The van der Waals surface area contributed by atoms with Crippen LogP contribution in [0.15, 0.2) is 36.9 Å². The Morgan fingerprint density at radius 1 is 1.07 bits per heavy atom. The molecule has 0 saturated carbocycles. The Morgan fingerprint density at radius 2 is 1.70 bits per heavy atom. The number of esters is 1. The van der Waals surface area contributed by atoms with Crippen molar-refractivity contribution in [2.24, 2.45) is 0 Å². The molecular formula is C24H29NO5. The molecule has 0 fully saturated rings. The Balaban J connectivity index is 2.20. The van der Waals surface area contributed by atoms with E-state index in [0.717, 1.165) is 27.9 Å². The summed E-state index contributed by atoms with van der Waals surface area (Å²) in [7, 11) is 3.02. The van der Waals surface area contributed by atoms with Crippen LogP contribution in [-0.2, 0) is 16.0 Å². The van der Waals surface area contributed by atoms with E-state index in [4.69, 9.17) is 14.2 Å². The van der Waals surface area contributed by atoms with E-state index in [1.54, 1.807) is 12.1 Å². The zero-order valence-corrected chi connectivity index (χ0v) is 18.4. The number of aryl methyl sites for hydroxylation is 3. The van der Waals surface area contributed by atoms with Gasteiger partial charge in [-0.2, -0.15) is 0 Å². The minimum Gasteiger partial charge on any atom is -0.493 e. The minimum atomic E-state index is -0.978. The molecule has 0 radical (unpaired) electrons. The van der Waals surface area contributed by atoms with E-state index in [-0.39, 0.29) is 5.56 Å². The van der Waals surface area contributed by atoms with Crippen LogP contribution in [0, 0.1) is 20.8 Å². The lowest BCUT2D eigenvalue weighted by atomic mass is 10.0. The third kappa shape index (κ3) is 5.20. The number of hydrogen-bond acceptors (Lipinski definition) is 5. The molecule has 1 unspecified atom stereocenters. The maximum absolute atomic E-state index is 12.7. The van der Waals surface area contributed by atoms with E-state index in [1.165, 1.54) is 27.2 Å². The van der Waals surface area contributed by atoms with Gasteiger partial charge in [-0.15, -0.1) is 6.58 Å². The fraction of sp³-hybridized carbons (Fsp3) is 0.333. The zero-order valence-electron chi connectivity index (χ0n) is 18.4. The summed E-state index contributed by atoms with van der Waals surface area (Å²) in [5, 5.41) is 2.86. The largest absolute Gasteiger partial charge is 0.493 e. The summed E-state index contributed by atoms with van der Waals surface area (Å²) in [4.78, 5) is 25.3. The standard InChI is InChI=1S/C24H29NO5/c1-8-9-18-12-19(13-20(28-6)22(18)29-7)24(27)30-17(5)23(26)25-21-15(3)10-14(2)11-16(21)4/h8,10-13,17H,1,9H2,2-7H3,(H,25,26). The van der Waals surface area contributed by atoms with Crippen molar-refractivity contribution in [1.29, 1.82) is 0 Å². The highest BCUT2D eigenvalue weighted by atomic mass is 16.5. The van der Waals surface area contributed by atoms with Gasteiger partial charge in [0.1, 0.15) is 0 Å². The van der Waals surface area contributed by atoms with Gasteiger partial charge < -0.3 is 19.5 Å². The van der Waals surface area contributed by atoms with Gasteiger partial charge in [-0.3, -0.25) is 4.79 Å². The molecule has 6 heteroatoms. The van der Waals surface area contributed by atoms with Crippen molar-refractivity contribution >= 4 is 17.6 Å². The van der Waals surface area contributed by atoms with Crippen molar-refractivity contribution in [3.8, 4) is 11.5 Å². The predicted molar refractivity (Wildman–Crippen MR) is 118 cm³/mol. The highest BCUT2D eigenvalue weighted by molar-refractivity contribution is 5.98. The summed E-state index contributed by atoms with van der Waals surface area (Å²) in [6, 6.07) is 7.17. The zero-order chi connectivity index (χ0) is 22.4. The second kappa shape index (κ2) is 9.96. The number of rotatable bonds is 8. The van der Waals surface area contributed by atoms with Crippen molar-refractivity contribution in [3.63, 3.8) is 0 Å². The van der Waals surface area contributed by atoms with Crippen molar-refractivity contribution in [2.45, 2.75) is 40.2 Å². The number of methoxy groups -OCH3 is 2. The number of nitrogens with one attached hydrogen (secondary N) is 1. The Hall–Kier alpha value is -3.28. The number of anilines is 1. The van der Waals surface area contributed by atoms with Gasteiger partial charge in [-0.25, -0.2) is 4.79 Å². The fourth-order valence-electron chi connectivity index (χ4n) is 3.35. The van der Waals surface area contributed by atoms with E-state index in [2.05, 4.69) is 11.9 Å². The summed E-state index contributed by atoms with van der Waals surface area (Å²) in [5.41, 5.74) is 4.76. The van der Waals surface area contributed by atoms with Gasteiger partial charge in [-0.05, 0) is 57.4 Å². The highest BCUT2D eigenvalue weighted by Crippen LogP contribution is 2.33. The van der Waals surface area contributed by atoms with Crippen molar-refractivity contribution in [2.75, 3.05) is 19.5 Å². The molecule has 0 aliphatic rings. The summed E-state index contributed by atoms with van der Waals surface area (Å²) < 4.78 is 16.1. The van der Waals surface area contributed by atoms with E-state index in [1.807, 2.05) is 32.9 Å². The maximum Gasteiger partial charge on any atom is 0.339 e. The first-order chi connectivity index (χ1) is 14.2. The highest BCUT2D eigenvalue weighted by Gasteiger charge is 2.22. The molecule has 160 valence electrons. The van der Waals surface area contributed by atoms with Crippen LogP contribution in [0.2, 0.25) is 0 Å². The third-order valence-electron chi connectivity index (χ3n) is 4.73. The van der Waals surface area contributed by atoms with Crippen LogP contribution in [0.25, 0.3) is 0 Å². The topological polar surface area (TPSA) is 73.9 Å². The molecule has 2 rings (SSSR count). The molecule has 2 aromatic rings. The van der Waals surface area contributed by atoms with E-state index >= 15 is 0 Å². The minimum absolute atomic E-state index is 0.270. The van der Waals surface area contributed by atoms with Gasteiger partial charge in [0.05, 0.1) is 19.8 Å². The average molecular weight is 411 g/mol. The van der Waals surface area contributed by atoms with E-state index in [9.17, 15) is 9.59 Å². The first kappa shape index (κ1) is 23.0. The number of carbonyl (C=O) groups excluding carboxylic acids is 2. The predicted octanol–water partition coefficient (Wildman–Crippen LogP) is 4.54. The van der Waals surface area contributed by atoms with Crippen LogP contribution in [0.4, 0.5) is 5.69 Å². The van der Waals surface area contributed by atoms with Crippen LogP contribution < -0.4 is 14.8 Å². The second-order valence-corrected chi connectivity index (χ2v) is 7.17. The Kier molecular flexibility index (Phi) is 7.64. The number of ether oxygens (including phenoxy) is 3. The molecule has 0 heterocycles. The van der Waals surface area contributed by atoms with Gasteiger partial charge in [0.2, 0.25) is 0 Å². The van der Waals surface area contributed by atoms with Crippen LogP contribution in [0.3, 0.4) is 0 Å². The average Bonchev–Trinajstić information content (AvgIpc) is 2.69. The van der Waals surface area contributed by atoms with Crippen molar-refractivity contribution in [3.05, 3.63) is 64.7 Å². The SMILES string of the molecule is C=CCc1cc(C(=O)OC(C)C(=O)Nc2c(C)cc(C)cc2C)cc(OC)c1OC. The molecule has 0 aliphatic heterocycles. The van der Waals surface area contributed by atoms with E-state index < -0.39 is 18.0 Å². The normalized spacial score (nSPS) is 11.4. The number of amides is 1. The van der Waals surface area contributed by atoms with Crippen molar-refractivity contribution in [1.82, 2.24) is 0 Å². The molecule has 0 spiro atoms. The molecular weight excluding hydrogens is 382 g/mol. The Labute approximate surface area is 177 Å². The van der Waals surface area contributed by atoms with Crippen LogP contribution >= 0.6 is 0 Å². The van der Waals surface area contributed by atoms with Gasteiger partial charge in [0.15, 0.2) is 17.6 Å². The molecule has 0 aromatic heterocycles. The summed E-state index contributed by atoms with van der Waals surface area (Å²) in [6.45, 7) is 11.1. The molecule has 0 aliphatic carbocycles. The van der Waals surface area contributed by atoms with E-state index in [0.29, 0.717) is 17.9 Å². The summed E-state index contributed by atoms with van der Waals surface area (Å²) in [5.74, 6) is -0.0802. The molecule has 1 amide bonds. The van der Waals surface area contributed by atoms with Crippen LogP contribution in [0.5, 0.6) is 11.5 Å². The Bertz CT molecular complexity index is 941. The first-order valence-corrected chi connectivity index (χ1v) is 9.67. The maximum atomic E-state index is 12.7. The summed E-state index contributed by atoms with van der Waals surface area (Å²) >= 11 is 0. The molecule has 0 saturated heterocycles. The number of hydrogen-bond donors (Lipinski definition) is 1. The quantitative estimate of drug-likeness (QED) is 0.510. The van der Waals surface area contributed by atoms with Crippen molar-refractivity contribution < 1.29 is 23.8 Å². The molecule has 1 atom stereocenters. The lowest BCUT2D eigenvalue weighted by Crippen LogP contribution is -2.30. The molecule has 6 nitrogen and oxygen atoms in total. The van der Waals surface area contributed by atoms with Crippen LogP contribution in [0.1, 0.15) is 39.5 Å². The number of benzene rings is 2. The molecule has 30 heavy (non-hydrogen) atoms. The fourth-order valence-corrected chi connectivity index (χ4v) is 3.35. The summed E-state index contributed by atoms with van der Waals surface area (Å²) in [6.07, 6.45) is 1.21. The number of allylic oxidation sites excluding steroid dienone is 1. The lowest BCUT2D eigenvalue weighted by molar-refractivity contribution is -0.123. The third-order valence-corrected chi connectivity index (χ3v) is 4.73.